The molecule has 1 aromatic rings. The highest BCUT2D eigenvalue weighted by atomic mass is 16.5. The van der Waals surface area contributed by atoms with E-state index >= 15 is 0 Å². The molecule has 140 valence electrons. The van der Waals surface area contributed by atoms with E-state index in [4.69, 9.17) is 4.74 Å². The molecule has 0 atom stereocenters. The molecule has 26 heavy (non-hydrogen) atoms. The highest BCUT2D eigenvalue weighted by molar-refractivity contribution is 6.35. The zero-order valence-corrected chi connectivity index (χ0v) is 14.9. The van der Waals surface area contributed by atoms with Crippen molar-refractivity contribution in [1.29, 1.82) is 0 Å². The molecule has 1 aliphatic carbocycles. The number of nitrogens with one attached hydrogen (secondary N) is 2. The Hall–Kier alpha value is -2.77. The Balaban J connectivity index is 1.44. The Morgan fingerprint density at radius 1 is 1.08 bits per heavy atom. The van der Waals surface area contributed by atoms with E-state index in [0.29, 0.717) is 26.2 Å². The maximum absolute atomic E-state index is 12.3. The molecule has 8 nitrogen and oxygen atoms in total. The number of carbonyl (C=O) groups excluding carboxylic acids is 3. The summed E-state index contributed by atoms with van der Waals surface area (Å²) in [5.74, 6) is -0.794. The SMILES string of the molecule is COc1ccccc1N1CCN(C(=O)CNC(=O)C(=O)NC2CC2)CC1. The highest BCUT2D eigenvalue weighted by Crippen LogP contribution is 2.28. The first-order valence-electron chi connectivity index (χ1n) is 8.83. The van der Waals surface area contributed by atoms with Crippen molar-refractivity contribution in [1.82, 2.24) is 15.5 Å². The van der Waals surface area contributed by atoms with Crippen molar-refractivity contribution in [2.24, 2.45) is 0 Å². The van der Waals surface area contributed by atoms with Gasteiger partial charge in [-0.15, -0.1) is 0 Å². The van der Waals surface area contributed by atoms with Gasteiger partial charge in [-0.05, 0) is 25.0 Å². The van der Waals surface area contributed by atoms with Gasteiger partial charge in [0.05, 0.1) is 19.3 Å². The molecule has 0 radical (unpaired) electrons. The summed E-state index contributed by atoms with van der Waals surface area (Å²) in [6.07, 6.45) is 1.82. The van der Waals surface area contributed by atoms with E-state index in [1.165, 1.54) is 0 Å². The van der Waals surface area contributed by atoms with Crippen LogP contribution in [0.25, 0.3) is 0 Å². The number of benzene rings is 1. The van der Waals surface area contributed by atoms with Gasteiger partial charge in [-0.1, -0.05) is 12.1 Å². The third-order valence-corrected chi connectivity index (χ3v) is 4.58. The smallest absolute Gasteiger partial charge is 0.309 e. The lowest BCUT2D eigenvalue weighted by atomic mass is 10.2. The second-order valence-electron chi connectivity index (χ2n) is 6.47. The van der Waals surface area contributed by atoms with Gasteiger partial charge in [-0.25, -0.2) is 0 Å². The van der Waals surface area contributed by atoms with E-state index in [9.17, 15) is 14.4 Å². The lowest BCUT2D eigenvalue weighted by Gasteiger charge is -2.36. The van der Waals surface area contributed by atoms with Crippen LogP contribution in [0.3, 0.4) is 0 Å². The maximum atomic E-state index is 12.3. The average Bonchev–Trinajstić information content (AvgIpc) is 3.49. The van der Waals surface area contributed by atoms with Gasteiger partial charge in [0.2, 0.25) is 5.91 Å². The van der Waals surface area contributed by atoms with Crippen LogP contribution in [0.4, 0.5) is 5.69 Å². The van der Waals surface area contributed by atoms with Gasteiger partial charge in [0, 0.05) is 32.2 Å². The van der Waals surface area contributed by atoms with E-state index in [1.54, 1.807) is 12.0 Å². The predicted octanol–water partition coefficient (Wildman–Crippen LogP) is -0.261. The number of hydrogen-bond donors (Lipinski definition) is 2. The van der Waals surface area contributed by atoms with E-state index in [-0.39, 0.29) is 18.5 Å². The van der Waals surface area contributed by atoms with Crippen LogP contribution < -0.4 is 20.3 Å². The third kappa shape index (κ3) is 4.44. The Labute approximate surface area is 152 Å². The van der Waals surface area contributed by atoms with Crippen molar-refractivity contribution < 1.29 is 19.1 Å². The van der Waals surface area contributed by atoms with Crippen molar-refractivity contribution in [2.75, 3.05) is 44.7 Å². The second-order valence-corrected chi connectivity index (χ2v) is 6.47. The second kappa shape index (κ2) is 8.07. The molecule has 3 rings (SSSR count). The molecule has 1 saturated heterocycles. The van der Waals surface area contributed by atoms with E-state index in [0.717, 1.165) is 24.3 Å². The zero-order valence-electron chi connectivity index (χ0n) is 14.9. The fourth-order valence-corrected chi connectivity index (χ4v) is 2.91. The van der Waals surface area contributed by atoms with Crippen molar-refractivity contribution in [3.63, 3.8) is 0 Å². The number of carbonyl (C=O) groups is 3. The number of anilines is 1. The molecule has 2 fully saturated rings. The Kier molecular flexibility index (Phi) is 5.60. The number of ether oxygens (including phenoxy) is 1. The number of hydrogen-bond acceptors (Lipinski definition) is 5. The average molecular weight is 360 g/mol. The minimum Gasteiger partial charge on any atom is -0.495 e. The lowest BCUT2D eigenvalue weighted by molar-refractivity contribution is -0.140. The molecule has 0 bridgehead atoms. The van der Waals surface area contributed by atoms with Gasteiger partial charge in [-0.2, -0.15) is 0 Å². The van der Waals surface area contributed by atoms with Gasteiger partial charge >= 0.3 is 11.8 Å². The zero-order chi connectivity index (χ0) is 18.5. The number of rotatable bonds is 5. The van der Waals surface area contributed by atoms with E-state index < -0.39 is 11.8 Å². The number of methoxy groups -OCH3 is 1. The number of para-hydroxylation sites is 2. The molecule has 0 unspecified atom stereocenters. The molecule has 0 spiro atoms. The van der Waals surface area contributed by atoms with E-state index in [2.05, 4.69) is 15.5 Å². The summed E-state index contributed by atoms with van der Waals surface area (Å²) < 4.78 is 5.38. The molecule has 2 aliphatic rings. The molecule has 1 heterocycles. The fraction of sp³-hybridized carbons (Fsp3) is 0.500. The molecule has 1 saturated carbocycles. The monoisotopic (exact) mass is 360 g/mol. The summed E-state index contributed by atoms with van der Waals surface area (Å²) in [6, 6.07) is 7.90. The summed E-state index contributed by atoms with van der Waals surface area (Å²) in [6.45, 7) is 2.32. The quantitative estimate of drug-likeness (QED) is 0.706. The summed E-state index contributed by atoms with van der Waals surface area (Å²) in [5, 5.41) is 5.00. The fourth-order valence-electron chi connectivity index (χ4n) is 2.91. The number of amides is 3. The van der Waals surface area contributed by atoms with Crippen LogP contribution in [0, 0.1) is 0 Å². The number of nitrogens with zero attached hydrogens (tertiary/aromatic N) is 2. The molecule has 3 amide bonds. The first-order valence-corrected chi connectivity index (χ1v) is 8.83. The first-order chi connectivity index (χ1) is 12.6. The topological polar surface area (TPSA) is 91.0 Å². The molecule has 1 aliphatic heterocycles. The van der Waals surface area contributed by atoms with Gasteiger partial charge in [0.25, 0.3) is 0 Å². The molecule has 2 N–H and O–H groups in total. The predicted molar refractivity (Wildman–Crippen MR) is 96.0 cm³/mol. The van der Waals surface area contributed by atoms with Crippen LogP contribution in [-0.2, 0) is 14.4 Å². The van der Waals surface area contributed by atoms with Crippen LogP contribution in [0.1, 0.15) is 12.8 Å². The summed E-state index contributed by atoms with van der Waals surface area (Å²) >= 11 is 0. The van der Waals surface area contributed by atoms with Crippen molar-refractivity contribution in [2.45, 2.75) is 18.9 Å². The molecular formula is C18H24N4O4. The summed E-state index contributed by atoms with van der Waals surface area (Å²) in [7, 11) is 1.64. The maximum Gasteiger partial charge on any atom is 0.309 e. The number of piperazine rings is 1. The van der Waals surface area contributed by atoms with Crippen LogP contribution in [0.2, 0.25) is 0 Å². The summed E-state index contributed by atoms with van der Waals surface area (Å²) in [5.41, 5.74) is 1.01. The Morgan fingerprint density at radius 3 is 2.42 bits per heavy atom. The van der Waals surface area contributed by atoms with Gasteiger partial charge < -0.3 is 25.2 Å². The van der Waals surface area contributed by atoms with Crippen LogP contribution in [0.15, 0.2) is 24.3 Å². The minimum absolute atomic E-state index is 0.118. The van der Waals surface area contributed by atoms with Crippen LogP contribution in [-0.4, -0.2) is 68.5 Å². The third-order valence-electron chi connectivity index (χ3n) is 4.58. The highest BCUT2D eigenvalue weighted by Gasteiger charge is 2.27. The van der Waals surface area contributed by atoms with E-state index in [1.807, 2.05) is 24.3 Å². The normalized spacial score (nSPS) is 16.8. The van der Waals surface area contributed by atoms with Crippen LogP contribution >= 0.6 is 0 Å². The lowest BCUT2D eigenvalue weighted by Crippen LogP contribution is -2.52. The first kappa shape index (κ1) is 18.0. The minimum atomic E-state index is -0.752. The molecule has 8 heteroatoms. The standard InChI is InChI=1S/C18H24N4O4/c1-26-15-5-3-2-4-14(15)21-8-10-22(11-9-21)16(23)12-19-17(24)18(25)20-13-6-7-13/h2-5,13H,6-12H2,1H3,(H,19,24)(H,20,25). The Bertz CT molecular complexity index is 682. The molecule has 0 aromatic heterocycles. The van der Waals surface area contributed by atoms with Crippen molar-refractivity contribution >= 4 is 23.4 Å². The van der Waals surface area contributed by atoms with Crippen LogP contribution in [0.5, 0.6) is 5.75 Å². The molecular weight excluding hydrogens is 336 g/mol. The van der Waals surface area contributed by atoms with Gasteiger partial charge in [0.15, 0.2) is 0 Å². The van der Waals surface area contributed by atoms with Crippen molar-refractivity contribution in [3.05, 3.63) is 24.3 Å². The summed E-state index contributed by atoms with van der Waals surface area (Å²) in [4.78, 5) is 39.4. The van der Waals surface area contributed by atoms with Gasteiger partial charge in [0.1, 0.15) is 5.75 Å². The largest absolute Gasteiger partial charge is 0.495 e. The van der Waals surface area contributed by atoms with Crippen molar-refractivity contribution in [3.8, 4) is 5.75 Å². The Morgan fingerprint density at radius 2 is 1.77 bits per heavy atom. The molecule has 1 aromatic carbocycles. The van der Waals surface area contributed by atoms with Gasteiger partial charge in [-0.3, -0.25) is 14.4 Å².